The zero-order valence-corrected chi connectivity index (χ0v) is 20.2. The number of rotatable bonds is 9. The van der Waals surface area contributed by atoms with Gasteiger partial charge in [-0.15, -0.1) is 0 Å². The zero-order valence-electron chi connectivity index (χ0n) is 20.2. The maximum absolute atomic E-state index is 12.5. The maximum Gasteiger partial charge on any atom is 0.407 e. The van der Waals surface area contributed by atoms with E-state index in [9.17, 15) is 19.5 Å². The van der Waals surface area contributed by atoms with Gasteiger partial charge in [0.2, 0.25) is 5.91 Å². The molecule has 2 amide bonds. The molecular formula is C28H34N2O5. The van der Waals surface area contributed by atoms with Gasteiger partial charge in [0, 0.05) is 24.4 Å². The van der Waals surface area contributed by atoms with E-state index in [4.69, 9.17) is 4.74 Å². The number of fused-ring (bicyclic) bond motifs is 3. The molecule has 2 aliphatic carbocycles. The van der Waals surface area contributed by atoms with Crippen molar-refractivity contribution in [1.29, 1.82) is 0 Å². The third-order valence-corrected chi connectivity index (χ3v) is 7.27. The number of amides is 2. The Hall–Kier alpha value is -3.35. The molecule has 1 fully saturated rings. The molecule has 0 aliphatic heterocycles. The highest BCUT2D eigenvalue weighted by Crippen LogP contribution is 2.44. The third-order valence-electron chi connectivity index (χ3n) is 7.27. The second kappa shape index (κ2) is 11.4. The van der Waals surface area contributed by atoms with E-state index in [0.29, 0.717) is 32.1 Å². The van der Waals surface area contributed by atoms with Gasteiger partial charge in [0.25, 0.3) is 0 Å². The van der Waals surface area contributed by atoms with Crippen molar-refractivity contribution in [3.05, 3.63) is 59.7 Å². The van der Waals surface area contributed by atoms with Crippen LogP contribution in [0.2, 0.25) is 0 Å². The topological polar surface area (TPSA) is 105 Å². The number of carboxylic acid groups (broad SMARTS) is 1. The number of hydrogen-bond donors (Lipinski definition) is 3. The zero-order chi connectivity index (χ0) is 24.8. The first-order chi connectivity index (χ1) is 17.0. The lowest BCUT2D eigenvalue weighted by Crippen LogP contribution is -2.42. The van der Waals surface area contributed by atoms with Crippen LogP contribution in [0.25, 0.3) is 11.1 Å². The summed E-state index contributed by atoms with van der Waals surface area (Å²) >= 11 is 0. The predicted octanol–water partition coefficient (Wildman–Crippen LogP) is 4.70. The molecule has 3 N–H and O–H groups in total. The van der Waals surface area contributed by atoms with E-state index in [1.807, 2.05) is 31.2 Å². The third kappa shape index (κ3) is 5.84. The van der Waals surface area contributed by atoms with Gasteiger partial charge in [-0.25, -0.2) is 4.79 Å². The molecule has 2 aromatic rings. The fraction of sp³-hybridized carbons (Fsp3) is 0.464. The lowest BCUT2D eigenvalue weighted by atomic mass is 9.85. The fourth-order valence-corrected chi connectivity index (χ4v) is 5.34. The molecule has 0 spiro atoms. The molecule has 35 heavy (non-hydrogen) atoms. The Bertz CT molecular complexity index is 1020. The van der Waals surface area contributed by atoms with Crippen molar-refractivity contribution in [2.24, 2.45) is 11.8 Å². The number of alkyl carbamates (subject to hydrolysis) is 1. The van der Waals surface area contributed by atoms with Crippen LogP contribution in [0.4, 0.5) is 4.79 Å². The second-order valence-corrected chi connectivity index (χ2v) is 9.59. The first-order valence-corrected chi connectivity index (χ1v) is 12.6. The van der Waals surface area contributed by atoms with Crippen molar-refractivity contribution in [3.63, 3.8) is 0 Å². The number of carboxylic acids is 1. The van der Waals surface area contributed by atoms with Gasteiger partial charge in [-0.3, -0.25) is 9.59 Å². The molecule has 7 heteroatoms. The van der Waals surface area contributed by atoms with E-state index >= 15 is 0 Å². The molecule has 0 aromatic heterocycles. The van der Waals surface area contributed by atoms with Crippen LogP contribution in [0.1, 0.15) is 62.5 Å². The van der Waals surface area contributed by atoms with E-state index in [-0.39, 0.29) is 36.9 Å². The summed E-state index contributed by atoms with van der Waals surface area (Å²) in [6, 6.07) is 16.4. The molecular weight excluding hydrogens is 444 g/mol. The number of ether oxygens (including phenoxy) is 1. The summed E-state index contributed by atoms with van der Waals surface area (Å²) < 4.78 is 5.64. The fourth-order valence-electron chi connectivity index (χ4n) is 5.34. The second-order valence-electron chi connectivity index (χ2n) is 9.59. The van der Waals surface area contributed by atoms with Crippen LogP contribution in [0.15, 0.2) is 48.5 Å². The summed E-state index contributed by atoms with van der Waals surface area (Å²) in [5.74, 6) is -1.63. The molecule has 7 nitrogen and oxygen atoms in total. The van der Waals surface area contributed by atoms with Crippen LogP contribution in [0, 0.1) is 11.8 Å². The lowest BCUT2D eigenvalue weighted by molar-refractivity contribution is -0.142. The Morgan fingerprint density at radius 3 is 2.14 bits per heavy atom. The molecule has 0 saturated heterocycles. The Labute approximate surface area is 206 Å². The summed E-state index contributed by atoms with van der Waals surface area (Å²) in [7, 11) is 0. The molecule has 0 heterocycles. The highest BCUT2D eigenvalue weighted by Gasteiger charge is 2.31. The lowest BCUT2D eigenvalue weighted by Gasteiger charge is -2.28. The van der Waals surface area contributed by atoms with Crippen LogP contribution < -0.4 is 10.6 Å². The number of carbonyl (C=O) groups excluding carboxylic acids is 2. The summed E-state index contributed by atoms with van der Waals surface area (Å²) in [6.45, 7) is 2.38. The quantitative estimate of drug-likeness (QED) is 0.485. The first-order valence-electron chi connectivity index (χ1n) is 12.6. The Kier molecular flexibility index (Phi) is 8.06. The van der Waals surface area contributed by atoms with E-state index < -0.39 is 18.0 Å². The summed E-state index contributed by atoms with van der Waals surface area (Å²) in [5.41, 5.74) is 4.74. The standard InChI is InChI=1S/C28H34N2O5/c1-2-7-19(27(32)33)16-29-26(31)18-12-14-20(15-13-18)30-28(34)35-17-25-23-10-5-3-8-21(23)22-9-4-6-11-24(22)25/h3-6,8-11,18-20,25H,2,7,12-17H2,1H3,(H,29,31)(H,30,34)(H,32,33). The molecule has 2 aromatic carbocycles. The van der Waals surface area contributed by atoms with Gasteiger partial charge in [-0.2, -0.15) is 0 Å². The molecule has 1 unspecified atom stereocenters. The van der Waals surface area contributed by atoms with Crippen molar-refractivity contribution in [2.75, 3.05) is 13.2 Å². The van der Waals surface area contributed by atoms with Gasteiger partial charge in [0.15, 0.2) is 0 Å². The summed E-state index contributed by atoms with van der Waals surface area (Å²) in [5, 5.41) is 15.0. The van der Waals surface area contributed by atoms with E-state index in [0.717, 1.165) is 6.42 Å². The molecule has 186 valence electrons. The number of aliphatic carboxylic acids is 1. The van der Waals surface area contributed by atoms with Crippen LogP contribution >= 0.6 is 0 Å². The Morgan fingerprint density at radius 2 is 1.57 bits per heavy atom. The predicted molar refractivity (Wildman–Crippen MR) is 133 cm³/mol. The van der Waals surface area contributed by atoms with Crippen molar-refractivity contribution in [2.45, 2.75) is 57.4 Å². The Balaban J connectivity index is 1.22. The van der Waals surface area contributed by atoms with Crippen LogP contribution in [-0.2, 0) is 14.3 Å². The monoisotopic (exact) mass is 478 g/mol. The highest BCUT2D eigenvalue weighted by atomic mass is 16.5. The molecule has 1 atom stereocenters. The van der Waals surface area contributed by atoms with E-state index in [2.05, 4.69) is 34.9 Å². The molecule has 2 aliphatic rings. The van der Waals surface area contributed by atoms with Crippen LogP contribution in [-0.4, -0.2) is 42.3 Å². The summed E-state index contributed by atoms with van der Waals surface area (Å²) in [4.78, 5) is 36.3. The molecule has 4 rings (SSSR count). The van der Waals surface area contributed by atoms with Crippen LogP contribution in [0.3, 0.4) is 0 Å². The highest BCUT2D eigenvalue weighted by molar-refractivity contribution is 5.80. The Morgan fingerprint density at radius 1 is 0.971 bits per heavy atom. The van der Waals surface area contributed by atoms with Gasteiger partial charge in [-0.1, -0.05) is 61.9 Å². The number of benzene rings is 2. The minimum Gasteiger partial charge on any atom is -0.481 e. The van der Waals surface area contributed by atoms with E-state index in [1.165, 1.54) is 22.3 Å². The largest absolute Gasteiger partial charge is 0.481 e. The van der Waals surface area contributed by atoms with Gasteiger partial charge < -0.3 is 20.5 Å². The van der Waals surface area contributed by atoms with Crippen molar-refractivity contribution in [1.82, 2.24) is 10.6 Å². The SMILES string of the molecule is CCCC(CNC(=O)C1CCC(NC(=O)OCC2c3ccccc3-c3ccccc32)CC1)C(=O)O. The average molecular weight is 479 g/mol. The number of nitrogens with one attached hydrogen (secondary N) is 2. The normalized spacial score (nSPS) is 19.8. The maximum atomic E-state index is 12.5. The van der Waals surface area contributed by atoms with Crippen molar-refractivity contribution in [3.8, 4) is 11.1 Å². The molecule has 0 bridgehead atoms. The first kappa shape index (κ1) is 24.8. The molecule has 0 radical (unpaired) electrons. The molecule has 1 saturated carbocycles. The van der Waals surface area contributed by atoms with Gasteiger partial charge in [-0.05, 0) is 54.4 Å². The van der Waals surface area contributed by atoms with Gasteiger partial charge in [0.1, 0.15) is 6.61 Å². The van der Waals surface area contributed by atoms with Crippen molar-refractivity contribution >= 4 is 18.0 Å². The van der Waals surface area contributed by atoms with Crippen LogP contribution in [0.5, 0.6) is 0 Å². The van der Waals surface area contributed by atoms with Crippen molar-refractivity contribution < 1.29 is 24.2 Å². The number of carbonyl (C=O) groups is 3. The number of hydrogen-bond acceptors (Lipinski definition) is 4. The van der Waals surface area contributed by atoms with Gasteiger partial charge >= 0.3 is 12.1 Å². The minimum absolute atomic E-state index is 0.0231. The van der Waals surface area contributed by atoms with E-state index in [1.54, 1.807) is 0 Å². The smallest absolute Gasteiger partial charge is 0.407 e. The average Bonchev–Trinajstić information content (AvgIpc) is 3.19. The minimum atomic E-state index is -0.872. The summed E-state index contributed by atoms with van der Waals surface area (Å²) in [6.07, 6.45) is 3.59. The van der Waals surface area contributed by atoms with Gasteiger partial charge in [0.05, 0.1) is 5.92 Å².